The molecule has 1 aromatic carbocycles. The molecule has 0 spiro atoms. The predicted molar refractivity (Wildman–Crippen MR) is 112 cm³/mol. The summed E-state index contributed by atoms with van der Waals surface area (Å²) in [7, 11) is -4.12. The second-order valence-corrected chi connectivity index (χ2v) is 8.19. The summed E-state index contributed by atoms with van der Waals surface area (Å²) in [6, 6.07) is 8.75. The van der Waals surface area contributed by atoms with E-state index in [0.717, 1.165) is 5.56 Å². The highest BCUT2D eigenvalue weighted by Crippen LogP contribution is 2.49. The molecule has 0 radical (unpaired) electrons. The zero-order chi connectivity index (χ0) is 22.6. The Morgan fingerprint density at radius 2 is 1.70 bits per heavy atom. The Bertz CT molecular complexity index is 785. The highest BCUT2D eigenvalue weighted by Gasteiger charge is 2.48. The Morgan fingerprint density at radius 3 is 2.20 bits per heavy atom. The van der Waals surface area contributed by atoms with E-state index in [4.69, 9.17) is 13.8 Å². The number of esters is 1. The van der Waals surface area contributed by atoms with Gasteiger partial charge in [-0.1, -0.05) is 30.3 Å². The van der Waals surface area contributed by atoms with Crippen molar-refractivity contribution >= 4 is 24.9 Å². The van der Waals surface area contributed by atoms with Crippen molar-refractivity contribution in [3.8, 4) is 0 Å². The van der Waals surface area contributed by atoms with E-state index in [1.807, 2.05) is 30.3 Å². The Kier molecular flexibility index (Phi) is 11.2. The smallest absolute Gasteiger partial charge is 0.465 e. The van der Waals surface area contributed by atoms with Gasteiger partial charge in [-0.25, -0.2) is 4.57 Å². The first-order chi connectivity index (χ1) is 14.3. The summed E-state index contributed by atoms with van der Waals surface area (Å²) in [6.07, 6.45) is 0.424. The number of amides is 1. The zero-order valence-electron chi connectivity index (χ0n) is 17.9. The summed E-state index contributed by atoms with van der Waals surface area (Å²) >= 11 is 0. The molecule has 0 N–H and O–H groups in total. The zero-order valence-corrected chi connectivity index (χ0v) is 18.8. The molecule has 1 rings (SSSR count). The van der Waals surface area contributed by atoms with Crippen molar-refractivity contribution < 1.29 is 32.7 Å². The van der Waals surface area contributed by atoms with Crippen LogP contribution in [-0.4, -0.2) is 53.4 Å². The first kappa shape index (κ1) is 25.7. The molecule has 10 heteroatoms. The SMILES string of the molecule is CCOC(=O)CCCN(C(=O)C(=[N+]=[N-])P(=O)(OCC)OCC)[C@H](C)c1ccccc1. The maximum atomic E-state index is 13.3. The lowest BCUT2D eigenvalue weighted by Gasteiger charge is -2.28. The highest BCUT2D eigenvalue weighted by atomic mass is 31.2. The van der Waals surface area contributed by atoms with Crippen LogP contribution in [0.5, 0.6) is 0 Å². The van der Waals surface area contributed by atoms with Gasteiger partial charge in [0, 0.05) is 13.0 Å². The molecule has 0 aromatic heterocycles. The molecule has 0 aliphatic carbocycles. The predicted octanol–water partition coefficient (Wildman–Crippen LogP) is 3.81. The van der Waals surface area contributed by atoms with Gasteiger partial charge < -0.3 is 24.2 Å². The summed E-state index contributed by atoms with van der Waals surface area (Å²) in [5, 5.41) is 0. The fourth-order valence-corrected chi connectivity index (χ4v) is 4.32. The third-order valence-electron chi connectivity index (χ3n) is 4.24. The van der Waals surface area contributed by atoms with Gasteiger partial charge in [-0.3, -0.25) is 9.59 Å². The fourth-order valence-electron chi connectivity index (χ4n) is 2.85. The van der Waals surface area contributed by atoms with Crippen LogP contribution in [0.2, 0.25) is 0 Å². The van der Waals surface area contributed by atoms with Gasteiger partial charge in [0.2, 0.25) is 0 Å². The summed E-state index contributed by atoms with van der Waals surface area (Å²) in [5.74, 6) is -1.16. The molecule has 1 atom stereocenters. The molecule has 0 unspecified atom stereocenters. The molecule has 0 saturated heterocycles. The van der Waals surface area contributed by atoms with Crippen LogP contribution in [0.3, 0.4) is 0 Å². The van der Waals surface area contributed by atoms with Crippen LogP contribution >= 0.6 is 7.60 Å². The molecule has 166 valence electrons. The van der Waals surface area contributed by atoms with E-state index in [9.17, 15) is 19.7 Å². The van der Waals surface area contributed by atoms with Gasteiger partial charge in [-0.05, 0) is 39.7 Å². The first-order valence-electron chi connectivity index (χ1n) is 9.97. The number of carbonyl (C=O) groups excluding carboxylic acids is 2. The number of hydrogen-bond acceptors (Lipinski definition) is 6. The minimum Gasteiger partial charge on any atom is -0.466 e. The van der Waals surface area contributed by atoms with E-state index in [1.165, 1.54) is 4.90 Å². The fraction of sp³-hybridized carbons (Fsp3) is 0.550. The molecule has 1 amide bonds. The molecule has 0 saturated carbocycles. The summed E-state index contributed by atoms with van der Waals surface area (Å²) in [5.41, 5.74) is 9.64. The van der Waals surface area contributed by atoms with Crippen LogP contribution in [0.1, 0.15) is 52.1 Å². The van der Waals surface area contributed by atoms with Gasteiger partial charge in [0.1, 0.15) is 0 Å². The lowest BCUT2D eigenvalue weighted by atomic mass is 10.1. The average Bonchev–Trinajstić information content (AvgIpc) is 2.72. The number of hydrogen-bond donors (Lipinski definition) is 0. The Balaban J connectivity index is 3.20. The molecule has 0 aliphatic heterocycles. The van der Waals surface area contributed by atoms with Crippen LogP contribution in [0.4, 0.5) is 0 Å². The van der Waals surface area contributed by atoms with Gasteiger partial charge in [0.15, 0.2) is 0 Å². The van der Waals surface area contributed by atoms with Gasteiger partial charge in [-0.15, -0.1) is 0 Å². The van der Waals surface area contributed by atoms with E-state index >= 15 is 0 Å². The van der Waals surface area contributed by atoms with Crippen molar-refractivity contribution in [3.63, 3.8) is 0 Å². The number of nitrogens with zero attached hydrogens (tertiary/aromatic N) is 3. The van der Waals surface area contributed by atoms with Crippen molar-refractivity contribution in [2.75, 3.05) is 26.4 Å². The number of carbonyl (C=O) groups is 2. The Morgan fingerprint density at radius 1 is 1.10 bits per heavy atom. The third kappa shape index (κ3) is 7.18. The largest absolute Gasteiger partial charge is 0.466 e. The maximum Gasteiger partial charge on any atom is 0.465 e. The van der Waals surface area contributed by atoms with Gasteiger partial charge in [0.25, 0.3) is 0 Å². The summed E-state index contributed by atoms with van der Waals surface area (Å²) in [4.78, 5) is 29.3. The van der Waals surface area contributed by atoms with Gasteiger partial charge >= 0.3 is 24.9 Å². The topological polar surface area (TPSA) is 119 Å². The monoisotopic (exact) mass is 439 g/mol. The van der Waals surface area contributed by atoms with Crippen LogP contribution < -0.4 is 0 Å². The van der Waals surface area contributed by atoms with Crippen molar-refractivity contribution in [2.45, 2.75) is 46.6 Å². The number of ether oxygens (including phenoxy) is 1. The maximum absolute atomic E-state index is 13.3. The van der Waals surface area contributed by atoms with Crippen molar-refractivity contribution in [1.82, 2.24) is 4.90 Å². The lowest BCUT2D eigenvalue weighted by Crippen LogP contribution is -2.40. The second kappa shape index (κ2) is 13.1. The van der Waals surface area contributed by atoms with E-state index in [0.29, 0.717) is 6.42 Å². The molecule has 0 heterocycles. The summed E-state index contributed by atoms with van der Waals surface area (Å²) < 4.78 is 28.3. The molecule has 0 fully saturated rings. The number of rotatable bonds is 13. The molecular formula is C20H30N3O6P. The van der Waals surface area contributed by atoms with Crippen LogP contribution in [0, 0.1) is 0 Å². The molecule has 0 bridgehead atoms. The quantitative estimate of drug-likeness (QED) is 0.152. The van der Waals surface area contributed by atoms with E-state index in [1.54, 1.807) is 27.7 Å². The molecule has 1 aromatic rings. The molecule has 30 heavy (non-hydrogen) atoms. The number of benzene rings is 1. The van der Waals surface area contributed by atoms with Crippen molar-refractivity contribution in [3.05, 3.63) is 41.4 Å². The minimum absolute atomic E-state index is 0.000670. The van der Waals surface area contributed by atoms with E-state index in [-0.39, 0.29) is 38.8 Å². The average molecular weight is 439 g/mol. The first-order valence-corrected chi connectivity index (χ1v) is 11.5. The van der Waals surface area contributed by atoms with Crippen molar-refractivity contribution in [2.24, 2.45) is 0 Å². The van der Waals surface area contributed by atoms with Crippen molar-refractivity contribution in [1.29, 1.82) is 0 Å². The van der Waals surface area contributed by atoms with Gasteiger partial charge in [-0.2, -0.15) is 4.79 Å². The molecular weight excluding hydrogens is 409 g/mol. The normalized spacial score (nSPS) is 12.0. The van der Waals surface area contributed by atoms with E-state index in [2.05, 4.69) is 4.79 Å². The van der Waals surface area contributed by atoms with Crippen LogP contribution in [-0.2, 0) is 27.9 Å². The van der Waals surface area contributed by atoms with Crippen LogP contribution in [0.25, 0.3) is 5.53 Å². The third-order valence-corrected chi connectivity index (χ3v) is 6.23. The minimum atomic E-state index is -4.12. The van der Waals surface area contributed by atoms with Gasteiger partial charge in [0.05, 0.1) is 25.9 Å². The standard InChI is InChI=1S/C20H30N3O6P/c1-5-27-18(24)14-11-15-23(16(4)17-12-9-8-10-13-17)20(25)19(22-21)30(26,28-6-2)29-7-3/h8-10,12-13,16H,5-7,11,14-15H2,1-4H3/t16-/m1/s1. The van der Waals surface area contributed by atoms with Crippen LogP contribution in [0.15, 0.2) is 30.3 Å². The second-order valence-electron chi connectivity index (χ2n) is 6.25. The highest BCUT2D eigenvalue weighted by molar-refractivity contribution is 7.74. The molecule has 0 aliphatic rings. The summed E-state index contributed by atoms with van der Waals surface area (Å²) in [6.45, 7) is 7.11. The lowest BCUT2D eigenvalue weighted by molar-refractivity contribution is -0.143. The Labute approximate surface area is 177 Å². The Hall–Kier alpha value is -2.31. The molecule has 9 nitrogen and oxygen atoms in total. The van der Waals surface area contributed by atoms with E-state index < -0.39 is 25.0 Å².